The highest BCUT2D eigenvalue weighted by atomic mass is 35.5. The van der Waals surface area contributed by atoms with Crippen molar-refractivity contribution in [3.05, 3.63) is 94.5 Å². The molecule has 1 saturated heterocycles. The zero-order chi connectivity index (χ0) is 25.8. The van der Waals surface area contributed by atoms with Gasteiger partial charge in [-0.25, -0.2) is 4.90 Å². The van der Waals surface area contributed by atoms with Crippen LogP contribution in [0.15, 0.2) is 72.8 Å². The standard InChI is InChI=1S/C28H25ClN2O5/c1-18-3-5-21(6-4-18)17-30(26(33)15-20-7-9-22(29)10-8-20)25-16-27(34)31(28(25)35)23-11-13-24(14-12-23)36-19(2)32/h3-14,25H,15-17H2,1-2H3. The topological polar surface area (TPSA) is 84.0 Å². The van der Waals surface area contributed by atoms with Crippen LogP contribution in [-0.2, 0) is 32.1 Å². The van der Waals surface area contributed by atoms with Crippen LogP contribution in [0.4, 0.5) is 5.69 Å². The Labute approximate surface area is 214 Å². The quantitative estimate of drug-likeness (QED) is 0.269. The molecular weight excluding hydrogens is 480 g/mol. The van der Waals surface area contributed by atoms with E-state index in [0.29, 0.717) is 16.5 Å². The fraction of sp³-hybridized carbons (Fsp3) is 0.214. The van der Waals surface area contributed by atoms with E-state index in [2.05, 4.69) is 0 Å². The lowest BCUT2D eigenvalue weighted by molar-refractivity contribution is -0.138. The molecule has 3 amide bonds. The van der Waals surface area contributed by atoms with Crippen molar-refractivity contribution in [3.63, 3.8) is 0 Å². The molecule has 1 aliphatic rings. The number of anilines is 1. The second-order valence-electron chi connectivity index (χ2n) is 8.69. The van der Waals surface area contributed by atoms with Crippen LogP contribution in [0, 0.1) is 6.92 Å². The number of carbonyl (C=O) groups excluding carboxylic acids is 4. The van der Waals surface area contributed by atoms with Crippen LogP contribution in [0.2, 0.25) is 5.02 Å². The van der Waals surface area contributed by atoms with Gasteiger partial charge in [-0.3, -0.25) is 19.2 Å². The van der Waals surface area contributed by atoms with Gasteiger partial charge in [0.15, 0.2) is 0 Å². The van der Waals surface area contributed by atoms with E-state index in [0.717, 1.165) is 21.6 Å². The zero-order valence-electron chi connectivity index (χ0n) is 19.9. The highest BCUT2D eigenvalue weighted by molar-refractivity contribution is 6.30. The molecule has 0 radical (unpaired) electrons. The Morgan fingerprint density at radius 3 is 2.17 bits per heavy atom. The van der Waals surface area contributed by atoms with Crippen LogP contribution < -0.4 is 9.64 Å². The Balaban J connectivity index is 1.60. The minimum absolute atomic E-state index is 0.0675. The Bertz CT molecular complexity index is 1290. The number of hydrogen-bond acceptors (Lipinski definition) is 5. The summed E-state index contributed by atoms with van der Waals surface area (Å²) in [6.45, 7) is 3.45. The number of aryl methyl sites for hydroxylation is 1. The number of imide groups is 1. The molecule has 8 heteroatoms. The van der Waals surface area contributed by atoms with E-state index in [9.17, 15) is 19.2 Å². The predicted octanol–water partition coefficient (Wildman–Crippen LogP) is 4.48. The lowest BCUT2D eigenvalue weighted by atomic mass is 10.1. The lowest BCUT2D eigenvalue weighted by Crippen LogP contribution is -2.45. The highest BCUT2D eigenvalue weighted by Crippen LogP contribution is 2.29. The van der Waals surface area contributed by atoms with Crippen molar-refractivity contribution in [1.29, 1.82) is 0 Å². The number of benzene rings is 3. The van der Waals surface area contributed by atoms with Crippen molar-refractivity contribution in [2.24, 2.45) is 0 Å². The molecule has 7 nitrogen and oxygen atoms in total. The summed E-state index contributed by atoms with van der Waals surface area (Å²) in [4.78, 5) is 53.6. The van der Waals surface area contributed by atoms with Crippen LogP contribution >= 0.6 is 11.6 Å². The molecule has 0 bridgehead atoms. The summed E-state index contributed by atoms with van der Waals surface area (Å²) in [6.07, 6.45) is -0.0547. The first-order chi connectivity index (χ1) is 17.2. The molecule has 0 N–H and O–H groups in total. The van der Waals surface area contributed by atoms with E-state index in [-0.39, 0.29) is 25.3 Å². The molecule has 0 saturated carbocycles. The van der Waals surface area contributed by atoms with Crippen LogP contribution in [-0.4, -0.2) is 34.6 Å². The summed E-state index contributed by atoms with van der Waals surface area (Å²) >= 11 is 5.97. The van der Waals surface area contributed by atoms with Gasteiger partial charge in [0.1, 0.15) is 11.8 Å². The van der Waals surface area contributed by atoms with Crippen molar-refractivity contribution >= 4 is 41.0 Å². The summed E-state index contributed by atoms with van der Waals surface area (Å²) < 4.78 is 5.03. The molecule has 184 valence electrons. The summed E-state index contributed by atoms with van der Waals surface area (Å²) in [5.41, 5.74) is 3.04. The smallest absolute Gasteiger partial charge is 0.308 e. The van der Waals surface area contributed by atoms with Crippen molar-refractivity contribution in [3.8, 4) is 5.75 Å². The van der Waals surface area contributed by atoms with Gasteiger partial charge in [0.25, 0.3) is 5.91 Å². The molecule has 1 fully saturated rings. The Morgan fingerprint density at radius 1 is 0.944 bits per heavy atom. The summed E-state index contributed by atoms with van der Waals surface area (Å²) in [7, 11) is 0. The number of rotatable bonds is 7. The second-order valence-corrected chi connectivity index (χ2v) is 9.12. The van der Waals surface area contributed by atoms with E-state index < -0.39 is 23.8 Å². The third-order valence-corrected chi connectivity index (χ3v) is 6.17. The van der Waals surface area contributed by atoms with Gasteiger partial charge in [0.05, 0.1) is 18.5 Å². The van der Waals surface area contributed by atoms with Gasteiger partial charge in [-0.15, -0.1) is 0 Å². The molecule has 3 aromatic carbocycles. The highest BCUT2D eigenvalue weighted by Gasteiger charge is 2.44. The molecule has 4 rings (SSSR count). The molecule has 3 aromatic rings. The normalized spacial score (nSPS) is 15.2. The SMILES string of the molecule is CC(=O)Oc1ccc(N2C(=O)CC(N(Cc3ccc(C)cc3)C(=O)Cc3ccc(Cl)cc3)C2=O)cc1. The molecule has 1 atom stereocenters. The molecule has 36 heavy (non-hydrogen) atoms. The first kappa shape index (κ1) is 25.1. The number of halogens is 1. The summed E-state index contributed by atoms with van der Waals surface area (Å²) in [6, 6.07) is 19.8. The zero-order valence-corrected chi connectivity index (χ0v) is 20.7. The maximum Gasteiger partial charge on any atom is 0.308 e. The Hall–Kier alpha value is -3.97. The summed E-state index contributed by atoms with van der Waals surface area (Å²) in [5, 5.41) is 0.564. The molecule has 0 aromatic heterocycles. The number of esters is 1. The Kier molecular flexibility index (Phi) is 7.50. The molecule has 1 unspecified atom stereocenters. The van der Waals surface area contributed by atoms with Crippen molar-refractivity contribution in [2.75, 3.05) is 4.90 Å². The number of amides is 3. The third-order valence-electron chi connectivity index (χ3n) is 5.92. The van der Waals surface area contributed by atoms with Crippen LogP contribution in [0.3, 0.4) is 0 Å². The van der Waals surface area contributed by atoms with E-state index in [1.165, 1.54) is 36.1 Å². The predicted molar refractivity (Wildman–Crippen MR) is 136 cm³/mol. The van der Waals surface area contributed by atoms with Crippen molar-refractivity contribution in [1.82, 2.24) is 4.90 Å². The molecule has 1 aliphatic heterocycles. The van der Waals surface area contributed by atoms with Gasteiger partial charge in [0.2, 0.25) is 11.8 Å². The second kappa shape index (κ2) is 10.7. The van der Waals surface area contributed by atoms with E-state index >= 15 is 0 Å². The van der Waals surface area contributed by atoms with Gasteiger partial charge >= 0.3 is 5.97 Å². The Morgan fingerprint density at radius 2 is 1.56 bits per heavy atom. The van der Waals surface area contributed by atoms with Crippen molar-refractivity contribution < 1.29 is 23.9 Å². The number of nitrogens with zero attached hydrogens (tertiary/aromatic N) is 2. The van der Waals surface area contributed by atoms with Crippen LogP contribution in [0.5, 0.6) is 5.75 Å². The van der Waals surface area contributed by atoms with Gasteiger partial charge in [-0.1, -0.05) is 53.6 Å². The van der Waals surface area contributed by atoms with Gasteiger partial charge < -0.3 is 9.64 Å². The fourth-order valence-electron chi connectivity index (χ4n) is 4.10. The van der Waals surface area contributed by atoms with Gasteiger partial charge in [0, 0.05) is 18.5 Å². The van der Waals surface area contributed by atoms with Gasteiger partial charge in [-0.05, 0) is 54.4 Å². The lowest BCUT2D eigenvalue weighted by Gasteiger charge is -2.28. The van der Waals surface area contributed by atoms with E-state index in [4.69, 9.17) is 16.3 Å². The molecular formula is C28H25ClN2O5. The largest absolute Gasteiger partial charge is 0.427 e. The summed E-state index contributed by atoms with van der Waals surface area (Å²) in [5.74, 6) is -1.31. The minimum Gasteiger partial charge on any atom is -0.427 e. The van der Waals surface area contributed by atoms with Crippen LogP contribution in [0.1, 0.15) is 30.0 Å². The number of carbonyl (C=O) groups is 4. The molecule has 0 aliphatic carbocycles. The van der Waals surface area contributed by atoms with Crippen LogP contribution in [0.25, 0.3) is 0 Å². The third kappa shape index (κ3) is 5.80. The van der Waals surface area contributed by atoms with E-state index in [1.54, 1.807) is 24.3 Å². The first-order valence-electron chi connectivity index (χ1n) is 11.5. The van der Waals surface area contributed by atoms with Crippen molar-refractivity contribution in [2.45, 2.75) is 39.3 Å². The number of hydrogen-bond donors (Lipinski definition) is 0. The maximum atomic E-state index is 13.5. The minimum atomic E-state index is -0.938. The average molecular weight is 505 g/mol. The number of ether oxygens (including phenoxy) is 1. The molecule has 1 heterocycles. The fourth-order valence-corrected chi connectivity index (χ4v) is 4.23. The van der Waals surface area contributed by atoms with E-state index in [1.807, 2.05) is 31.2 Å². The molecule has 0 spiro atoms. The monoisotopic (exact) mass is 504 g/mol. The first-order valence-corrected chi connectivity index (χ1v) is 11.8. The average Bonchev–Trinajstić information content (AvgIpc) is 3.13. The maximum absolute atomic E-state index is 13.5. The van der Waals surface area contributed by atoms with Gasteiger partial charge in [-0.2, -0.15) is 0 Å².